The quantitative estimate of drug-likeness (QED) is 0.870. The Balaban J connectivity index is 1.40. The highest BCUT2D eigenvalue weighted by atomic mass is 35.5. The van der Waals surface area contributed by atoms with Crippen LogP contribution in [0.4, 0.5) is 0 Å². The molecule has 2 heterocycles. The number of nitrogens with zero attached hydrogens (tertiary/aromatic N) is 1. The van der Waals surface area contributed by atoms with Crippen LogP contribution in [0.5, 0.6) is 11.5 Å². The number of nitrogens with one attached hydrogen (secondary N) is 1. The Bertz CT molecular complexity index is 598. The van der Waals surface area contributed by atoms with Gasteiger partial charge in [0.2, 0.25) is 0 Å². The van der Waals surface area contributed by atoms with Crippen LogP contribution in [-0.4, -0.2) is 54.5 Å². The summed E-state index contributed by atoms with van der Waals surface area (Å²) in [5.41, 5.74) is 1.12. The molecule has 0 amide bonds. The first-order valence-corrected chi connectivity index (χ1v) is 9.32. The molecule has 1 saturated carbocycles. The molecule has 1 aromatic rings. The Hall–Kier alpha value is -1.01. The maximum Gasteiger partial charge on any atom is 0.179 e. The molecule has 0 bridgehead atoms. The number of aliphatic hydroxyl groups is 1. The second-order valence-electron chi connectivity index (χ2n) is 7.02. The van der Waals surface area contributed by atoms with E-state index >= 15 is 0 Å². The van der Waals surface area contributed by atoms with Crippen LogP contribution in [0.2, 0.25) is 5.02 Å². The van der Waals surface area contributed by atoms with Crippen molar-refractivity contribution in [1.29, 1.82) is 0 Å². The van der Waals surface area contributed by atoms with Crippen LogP contribution < -0.4 is 14.8 Å². The van der Waals surface area contributed by atoms with Gasteiger partial charge >= 0.3 is 0 Å². The number of hydrogen-bond donors (Lipinski definition) is 2. The maximum absolute atomic E-state index is 9.79. The molecule has 0 spiro atoms. The molecular weight excluding hydrogens is 328 g/mol. The van der Waals surface area contributed by atoms with Crippen LogP contribution in [0, 0.1) is 0 Å². The number of halogens is 1. The van der Waals surface area contributed by atoms with E-state index < -0.39 is 0 Å². The Kier molecular flexibility index (Phi) is 4.86. The van der Waals surface area contributed by atoms with E-state index in [0.29, 0.717) is 36.1 Å². The molecule has 24 heavy (non-hydrogen) atoms. The summed E-state index contributed by atoms with van der Waals surface area (Å²) in [5.74, 6) is 1.41. The van der Waals surface area contributed by atoms with Gasteiger partial charge in [-0.15, -0.1) is 0 Å². The zero-order chi connectivity index (χ0) is 16.5. The standard InChI is InChI=1S/C18H25ClN2O3/c19-14-8-12(9-17-18(14)24-7-6-23-17)10-20-15-2-1-3-16(15)21-5-4-13(22)11-21/h8-9,13,15-16,20,22H,1-7,10-11H2/t13?,15-,16+/m1/s1. The number of hydrogen-bond acceptors (Lipinski definition) is 5. The van der Waals surface area contributed by atoms with E-state index in [9.17, 15) is 5.11 Å². The number of fused-ring (bicyclic) bond motifs is 1. The van der Waals surface area contributed by atoms with Crippen LogP contribution >= 0.6 is 11.6 Å². The number of ether oxygens (including phenoxy) is 2. The monoisotopic (exact) mass is 352 g/mol. The van der Waals surface area contributed by atoms with Gasteiger partial charge in [0.1, 0.15) is 13.2 Å². The number of likely N-dealkylation sites (tertiary alicyclic amines) is 1. The molecule has 3 atom stereocenters. The minimum Gasteiger partial charge on any atom is -0.486 e. The fourth-order valence-electron chi connectivity index (χ4n) is 4.20. The van der Waals surface area contributed by atoms with Gasteiger partial charge in [0.05, 0.1) is 11.1 Å². The van der Waals surface area contributed by atoms with Gasteiger partial charge in [-0.3, -0.25) is 4.90 Å². The van der Waals surface area contributed by atoms with Crippen molar-refractivity contribution in [3.05, 3.63) is 22.7 Å². The predicted octanol–water partition coefficient (Wildman–Crippen LogP) is 2.19. The summed E-state index contributed by atoms with van der Waals surface area (Å²) in [6, 6.07) is 5.00. The molecule has 5 nitrogen and oxygen atoms in total. The van der Waals surface area contributed by atoms with Crippen molar-refractivity contribution in [2.45, 2.75) is 50.4 Å². The highest BCUT2D eigenvalue weighted by molar-refractivity contribution is 6.32. The minimum absolute atomic E-state index is 0.150. The van der Waals surface area contributed by atoms with Gasteiger partial charge in [0.25, 0.3) is 0 Å². The van der Waals surface area contributed by atoms with E-state index in [1.807, 2.05) is 12.1 Å². The molecule has 1 aliphatic carbocycles. The second kappa shape index (κ2) is 7.08. The van der Waals surface area contributed by atoms with Crippen molar-refractivity contribution in [2.24, 2.45) is 0 Å². The molecule has 6 heteroatoms. The highest BCUT2D eigenvalue weighted by Crippen LogP contribution is 2.38. The summed E-state index contributed by atoms with van der Waals surface area (Å²) in [7, 11) is 0. The van der Waals surface area contributed by atoms with Gasteiger partial charge in [-0.25, -0.2) is 0 Å². The number of rotatable bonds is 4. The van der Waals surface area contributed by atoms with Gasteiger partial charge in [-0.2, -0.15) is 0 Å². The predicted molar refractivity (Wildman–Crippen MR) is 92.9 cm³/mol. The molecular formula is C18H25ClN2O3. The lowest BCUT2D eigenvalue weighted by molar-refractivity contribution is 0.150. The largest absolute Gasteiger partial charge is 0.486 e. The zero-order valence-corrected chi connectivity index (χ0v) is 14.6. The van der Waals surface area contributed by atoms with Gasteiger partial charge in [0.15, 0.2) is 11.5 Å². The molecule has 2 fully saturated rings. The zero-order valence-electron chi connectivity index (χ0n) is 13.8. The Labute approximate surface area is 147 Å². The molecule has 132 valence electrons. The highest BCUT2D eigenvalue weighted by Gasteiger charge is 2.35. The van der Waals surface area contributed by atoms with E-state index in [1.165, 1.54) is 19.3 Å². The summed E-state index contributed by atoms with van der Waals surface area (Å²) < 4.78 is 11.2. The average molecular weight is 353 g/mol. The van der Waals surface area contributed by atoms with E-state index in [-0.39, 0.29) is 6.10 Å². The molecule has 4 rings (SSSR count). The summed E-state index contributed by atoms with van der Waals surface area (Å²) >= 11 is 6.32. The molecule has 0 radical (unpaired) electrons. The Morgan fingerprint density at radius 3 is 2.92 bits per heavy atom. The normalized spacial score (nSPS) is 30.0. The van der Waals surface area contributed by atoms with E-state index in [1.54, 1.807) is 0 Å². The summed E-state index contributed by atoms with van der Waals surface area (Å²) in [4.78, 5) is 2.45. The second-order valence-corrected chi connectivity index (χ2v) is 7.43. The summed E-state index contributed by atoms with van der Waals surface area (Å²) in [5, 5.41) is 14.1. The molecule has 2 aliphatic heterocycles. The van der Waals surface area contributed by atoms with Crippen molar-refractivity contribution in [2.75, 3.05) is 26.3 Å². The average Bonchev–Trinajstić information content (AvgIpc) is 3.21. The third kappa shape index (κ3) is 3.36. The lowest BCUT2D eigenvalue weighted by atomic mass is 10.1. The lowest BCUT2D eigenvalue weighted by Crippen LogP contribution is -2.46. The minimum atomic E-state index is -0.150. The van der Waals surface area contributed by atoms with Crippen molar-refractivity contribution in [1.82, 2.24) is 10.2 Å². The molecule has 2 N–H and O–H groups in total. The fraction of sp³-hybridized carbons (Fsp3) is 0.667. The first kappa shape index (κ1) is 16.5. The smallest absolute Gasteiger partial charge is 0.179 e. The van der Waals surface area contributed by atoms with Crippen LogP contribution in [-0.2, 0) is 6.54 Å². The van der Waals surface area contributed by atoms with Crippen molar-refractivity contribution >= 4 is 11.6 Å². The van der Waals surface area contributed by atoms with Gasteiger partial charge < -0.3 is 19.9 Å². The van der Waals surface area contributed by atoms with Crippen LogP contribution in [0.15, 0.2) is 12.1 Å². The van der Waals surface area contributed by atoms with Crippen molar-refractivity contribution < 1.29 is 14.6 Å². The fourth-order valence-corrected chi connectivity index (χ4v) is 4.49. The summed E-state index contributed by atoms with van der Waals surface area (Å²) in [6.45, 7) is 3.73. The number of aliphatic hydroxyl groups excluding tert-OH is 1. The van der Waals surface area contributed by atoms with Crippen LogP contribution in [0.3, 0.4) is 0 Å². The number of benzene rings is 1. The number of β-amino-alcohol motifs (C(OH)–C–C–N with tert-alkyl or cyclic N) is 1. The first-order chi connectivity index (χ1) is 11.7. The first-order valence-electron chi connectivity index (χ1n) is 8.94. The molecule has 1 saturated heterocycles. The van der Waals surface area contributed by atoms with Crippen molar-refractivity contribution in [3.8, 4) is 11.5 Å². The summed E-state index contributed by atoms with van der Waals surface area (Å²) in [6.07, 6.45) is 4.41. The van der Waals surface area contributed by atoms with Gasteiger partial charge in [-0.05, 0) is 37.0 Å². The van der Waals surface area contributed by atoms with E-state index in [4.69, 9.17) is 21.1 Å². The molecule has 3 aliphatic rings. The Morgan fingerprint density at radius 1 is 1.21 bits per heavy atom. The SMILES string of the molecule is OC1CCN([C@H]2CCC[C@H]2NCc2cc(Cl)c3c(c2)OCCO3)C1. The molecule has 1 aromatic carbocycles. The van der Waals surface area contributed by atoms with Gasteiger partial charge in [0, 0.05) is 31.7 Å². The van der Waals surface area contributed by atoms with E-state index in [0.717, 1.165) is 37.4 Å². The van der Waals surface area contributed by atoms with E-state index in [2.05, 4.69) is 10.2 Å². The van der Waals surface area contributed by atoms with Gasteiger partial charge in [-0.1, -0.05) is 18.0 Å². The lowest BCUT2D eigenvalue weighted by Gasteiger charge is -2.30. The Morgan fingerprint density at radius 2 is 2.08 bits per heavy atom. The third-order valence-corrected chi connectivity index (χ3v) is 5.65. The topological polar surface area (TPSA) is 54.0 Å². The third-order valence-electron chi connectivity index (χ3n) is 5.37. The molecule has 0 aromatic heterocycles. The van der Waals surface area contributed by atoms with Crippen LogP contribution in [0.1, 0.15) is 31.2 Å². The van der Waals surface area contributed by atoms with Crippen molar-refractivity contribution in [3.63, 3.8) is 0 Å². The van der Waals surface area contributed by atoms with Crippen LogP contribution in [0.25, 0.3) is 0 Å². The molecule has 1 unspecified atom stereocenters. The maximum atomic E-state index is 9.79.